The quantitative estimate of drug-likeness (QED) is 0.909. The Morgan fingerprint density at radius 2 is 2.15 bits per heavy atom. The molecule has 0 aromatic heterocycles. The van der Waals surface area contributed by atoms with Gasteiger partial charge in [-0.05, 0) is 31.4 Å². The second-order valence-corrected chi connectivity index (χ2v) is 7.60. The fraction of sp³-hybridized carbons (Fsp3) is 0.500. The minimum atomic E-state index is -3.27. The second-order valence-electron chi connectivity index (χ2n) is 5.42. The third kappa shape index (κ3) is 2.80. The zero-order valence-electron chi connectivity index (χ0n) is 11.5. The van der Waals surface area contributed by atoms with Crippen LogP contribution in [0.2, 0.25) is 0 Å². The van der Waals surface area contributed by atoms with E-state index in [0.29, 0.717) is 5.75 Å². The van der Waals surface area contributed by atoms with Gasteiger partial charge in [-0.15, -0.1) is 0 Å². The lowest BCUT2D eigenvalue weighted by atomic mass is 9.81. The van der Waals surface area contributed by atoms with Gasteiger partial charge in [0.2, 0.25) is 0 Å². The van der Waals surface area contributed by atoms with Crippen molar-refractivity contribution in [3.8, 4) is 5.75 Å². The van der Waals surface area contributed by atoms with Gasteiger partial charge >= 0.3 is 5.97 Å². The molecule has 0 saturated carbocycles. The van der Waals surface area contributed by atoms with Gasteiger partial charge in [-0.3, -0.25) is 4.79 Å². The molecule has 5 nitrogen and oxygen atoms in total. The zero-order chi connectivity index (χ0) is 15.0. The Kier molecular flexibility index (Phi) is 3.77. The molecule has 1 N–H and O–H groups in total. The summed E-state index contributed by atoms with van der Waals surface area (Å²) in [5, 5.41) is 9.48. The minimum absolute atomic E-state index is 0.0621. The molecular weight excluding hydrogens is 280 g/mol. The number of benzene rings is 1. The van der Waals surface area contributed by atoms with Crippen LogP contribution in [-0.2, 0) is 21.1 Å². The SMILES string of the molecule is COc1ccc(C)cc1CC1(C(=O)O)CCS(=O)(=O)C1. The minimum Gasteiger partial charge on any atom is -0.496 e. The van der Waals surface area contributed by atoms with E-state index in [9.17, 15) is 18.3 Å². The average molecular weight is 298 g/mol. The Morgan fingerprint density at radius 3 is 2.65 bits per heavy atom. The summed E-state index contributed by atoms with van der Waals surface area (Å²) in [6.07, 6.45) is 0.328. The topological polar surface area (TPSA) is 80.7 Å². The molecule has 1 fully saturated rings. The fourth-order valence-electron chi connectivity index (χ4n) is 2.71. The predicted molar refractivity (Wildman–Crippen MR) is 74.8 cm³/mol. The number of hydrogen-bond donors (Lipinski definition) is 1. The predicted octanol–water partition coefficient (Wildman–Crippen LogP) is 1.44. The molecule has 1 atom stereocenters. The lowest BCUT2D eigenvalue weighted by Gasteiger charge is -2.23. The standard InChI is InChI=1S/C14H18O5S/c1-10-3-4-12(19-2)11(7-10)8-14(13(15)16)5-6-20(17,18)9-14/h3-4,7H,5-6,8-9H2,1-2H3,(H,15,16). The molecule has 1 aromatic carbocycles. The van der Waals surface area contributed by atoms with Gasteiger partial charge in [-0.1, -0.05) is 17.7 Å². The summed E-state index contributed by atoms with van der Waals surface area (Å²) in [6, 6.07) is 5.51. The summed E-state index contributed by atoms with van der Waals surface area (Å²) in [4.78, 5) is 11.6. The highest BCUT2D eigenvalue weighted by Crippen LogP contribution is 2.38. The zero-order valence-corrected chi connectivity index (χ0v) is 12.4. The van der Waals surface area contributed by atoms with Crippen molar-refractivity contribution in [2.75, 3.05) is 18.6 Å². The molecule has 2 rings (SSSR count). The van der Waals surface area contributed by atoms with E-state index < -0.39 is 21.2 Å². The number of sulfone groups is 1. The van der Waals surface area contributed by atoms with Gasteiger partial charge in [0.15, 0.2) is 9.84 Å². The first-order chi connectivity index (χ1) is 9.28. The summed E-state index contributed by atoms with van der Waals surface area (Å²) in [6.45, 7) is 1.90. The Labute approximate surface area is 118 Å². The van der Waals surface area contributed by atoms with Crippen LogP contribution in [-0.4, -0.2) is 38.1 Å². The van der Waals surface area contributed by atoms with E-state index in [1.54, 1.807) is 6.07 Å². The van der Waals surface area contributed by atoms with Crippen molar-refractivity contribution in [2.45, 2.75) is 19.8 Å². The lowest BCUT2D eigenvalue weighted by molar-refractivity contribution is -0.147. The molecule has 1 aliphatic rings. The van der Waals surface area contributed by atoms with Crippen LogP contribution in [0.4, 0.5) is 0 Å². The maximum absolute atomic E-state index is 11.7. The van der Waals surface area contributed by atoms with Crippen molar-refractivity contribution in [3.05, 3.63) is 29.3 Å². The lowest BCUT2D eigenvalue weighted by Crippen LogP contribution is -2.34. The van der Waals surface area contributed by atoms with Gasteiger partial charge in [0.25, 0.3) is 0 Å². The largest absolute Gasteiger partial charge is 0.496 e. The van der Waals surface area contributed by atoms with Crippen LogP contribution >= 0.6 is 0 Å². The number of ether oxygens (including phenoxy) is 1. The normalized spacial score (nSPS) is 24.5. The van der Waals surface area contributed by atoms with E-state index in [1.165, 1.54) is 7.11 Å². The molecule has 0 bridgehead atoms. The average Bonchev–Trinajstić information content (AvgIpc) is 2.66. The highest BCUT2D eigenvalue weighted by atomic mass is 32.2. The van der Waals surface area contributed by atoms with E-state index in [4.69, 9.17) is 4.74 Å². The summed E-state index contributed by atoms with van der Waals surface area (Å²) in [5.41, 5.74) is 0.495. The van der Waals surface area contributed by atoms with Gasteiger partial charge < -0.3 is 9.84 Å². The molecule has 1 aliphatic heterocycles. The molecule has 0 aliphatic carbocycles. The number of aryl methyl sites for hydroxylation is 1. The number of carbonyl (C=O) groups is 1. The van der Waals surface area contributed by atoms with Gasteiger partial charge in [0.1, 0.15) is 5.75 Å². The second kappa shape index (κ2) is 5.09. The van der Waals surface area contributed by atoms with Crippen LogP contribution in [0.5, 0.6) is 5.75 Å². The van der Waals surface area contributed by atoms with Crippen molar-refractivity contribution in [3.63, 3.8) is 0 Å². The number of methoxy groups -OCH3 is 1. The fourth-order valence-corrected chi connectivity index (χ4v) is 4.77. The molecule has 1 heterocycles. The third-order valence-corrected chi connectivity index (χ3v) is 5.62. The monoisotopic (exact) mass is 298 g/mol. The number of carboxylic acids is 1. The first-order valence-electron chi connectivity index (χ1n) is 6.35. The Morgan fingerprint density at radius 1 is 1.45 bits per heavy atom. The molecule has 6 heteroatoms. The van der Waals surface area contributed by atoms with Crippen LogP contribution in [0.3, 0.4) is 0 Å². The molecule has 1 unspecified atom stereocenters. The molecule has 0 radical (unpaired) electrons. The highest BCUT2D eigenvalue weighted by Gasteiger charge is 2.48. The van der Waals surface area contributed by atoms with Crippen LogP contribution < -0.4 is 4.74 Å². The molecule has 20 heavy (non-hydrogen) atoms. The van der Waals surface area contributed by atoms with Gasteiger partial charge in [0.05, 0.1) is 24.0 Å². The van der Waals surface area contributed by atoms with E-state index in [2.05, 4.69) is 0 Å². The maximum Gasteiger partial charge on any atom is 0.311 e. The van der Waals surface area contributed by atoms with Crippen molar-refractivity contribution < 1.29 is 23.1 Å². The molecule has 0 amide bonds. The maximum atomic E-state index is 11.7. The van der Waals surface area contributed by atoms with Gasteiger partial charge in [0, 0.05) is 0 Å². The van der Waals surface area contributed by atoms with E-state index >= 15 is 0 Å². The Hall–Kier alpha value is -1.56. The van der Waals surface area contributed by atoms with Gasteiger partial charge in [-0.25, -0.2) is 8.42 Å². The van der Waals surface area contributed by atoms with Crippen LogP contribution in [0.15, 0.2) is 18.2 Å². The first-order valence-corrected chi connectivity index (χ1v) is 8.17. The van der Waals surface area contributed by atoms with Crippen LogP contribution in [0.25, 0.3) is 0 Å². The summed E-state index contributed by atoms with van der Waals surface area (Å²) < 4.78 is 28.6. The number of hydrogen-bond acceptors (Lipinski definition) is 4. The molecular formula is C14H18O5S. The third-order valence-electron chi connectivity index (χ3n) is 3.81. The number of aliphatic carboxylic acids is 1. The van der Waals surface area contributed by atoms with E-state index in [-0.39, 0.29) is 24.3 Å². The Balaban J connectivity index is 2.40. The summed E-state index contributed by atoms with van der Waals surface area (Å²) in [5.74, 6) is -0.817. The van der Waals surface area contributed by atoms with Crippen molar-refractivity contribution in [1.29, 1.82) is 0 Å². The molecule has 110 valence electrons. The highest BCUT2D eigenvalue weighted by molar-refractivity contribution is 7.91. The summed E-state index contributed by atoms with van der Waals surface area (Å²) >= 11 is 0. The van der Waals surface area contributed by atoms with Crippen molar-refractivity contribution in [1.82, 2.24) is 0 Å². The smallest absolute Gasteiger partial charge is 0.311 e. The molecule has 0 spiro atoms. The van der Waals surface area contributed by atoms with E-state index in [0.717, 1.165) is 11.1 Å². The number of rotatable bonds is 4. The number of carboxylic acid groups (broad SMARTS) is 1. The first kappa shape index (κ1) is 14.8. The molecule has 1 saturated heterocycles. The summed E-state index contributed by atoms with van der Waals surface area (Å²) in [7, 11) is -1.75. The van der Waals surface area contributed by atoms with Crippen molar-refractivity contribution >= 4 is 15.8 Å². The van der Waals surface area contributed by atoms with Crippen molar-refractivity contribution in [2.24, 2.45) is 5.41 Å². The van der Waals surface area contributed by atoms with Crippen LogP contribution in [0.1, 0.15) is 17.5 Å². The van der Waals surface area contributed by atoms with Crippen LogP contribution in [0, 0.1) is 12.3 Å². The Bertz CT molecular complexity index is 635. The van der Waals surface area contributed by atoms with E-state index in [1.807, 2.05) is 19.1 Å². The van der Waals surface area contributed by atoms with Gasteiger partial charge in [-0.2, -0.15) is 0 Å². The molecule has 1 aromatic rings.